The number of anilines is 1. The molecule has 0 bridgehead atoms. The molecule has 0 unspecified atom stereocenters. The Kier molecular flexibility index (Phi) is 5.40. The summed E-state index contributed by atoms with van der Waals surface area (Å²) in [7, 11) is 1.71. The minimum absolute atomic E-state index is 0.858. The third-order valence-corrected chi connectivity index (χ3v) is 5.62. The number of rotatable bonds is 5. The molecule has 1 saturated heterocycles. The first-order valence-electron chi connectivity index (χ1n) is 9.90. The Balaban J connectivity index is 1.36. The van der Waals surface area contributed by atoms with Crippen LogP contribution in [0.2, 0.25) is 0 Å². The molecule has 0 aliphatic carbocycles. The van der Waals surface area contributed by atoms with E-state index in [1.165, 1.54) is 16.8 Å². The van der Waals surface area contributed by atoms with Gasteiger partial charge < -0.3 is 14.1 Å². The van der Waals surface area contributed by atoms with Crippen molar-refractivity contribution in [2.24, 2.45) is 0 Å². The predicted molar refractivity (Wildman–Crippen MR) is 114 cm³/mol. The summed E-state index contributed by atoms with van der Waals surface area (Å²) in [6.07, 6.45) is 0. The van der Waals surface area contributed by atoms with Crippen LogP contribution in [0.25, 0.3) is 11.3 Å². The standard InChI is InChI=1S/C24H28N2O2/c1-18-7-8-20(15-19(18)2)24-10-9-23(28-24)17-25-11-13-26(14-12-25)21-5-4-6-22(16-21)27-3/h4-10,15-16H,11-14,17H2,1-3H3. The number of ether oxygens (including phenoxy) is 1. The van der Waals surface area contributed by atoms with Gasteiger partial charge in [-0.2, -0.15) is 0 Å². The van der Waals surface area contributed by atoms with Crippen molar-refractivity contribution >= 4 is 5.69 Å². The Morgan fingerprint density at radius 1 is 0.893 bits per heavy atom. The van der Waals surface area contributed by atoms with E-state index >= 15 is 0 Å². The molecule has 4 heteroatoms. The van der Waals surface area contributed by atoms with Gasteiger partial charge in [0.1, 0.15) is 17.3 Å². The molecule has 0 N–H and O–H groups in total. The van der Waals surface area contributed by atoms with Crippen LogP contribution in [0.3, 0.4) is 0 Å². The SMILES string of the molecule is COc1cccc(N2CCN(Cc3ccc(-c4ccc(C)c(C)c4)o3)CC2)c1. The second-order valence-corrected chi connectivity index (χ2v) is 7.53. The molecule has 2 aromatic carbocycles. The highest BCUT2D eigenvalue weighted by atomic mass is 16.5. The van der Waals surface area contributed by atoms with Crippen molar-refractivity contribution in [3.05, 3.63) is 71.5 Å². The molecule has 0 radical (unpaired) electrons. The zero-order chi connectivity index (χ0) is 19.5. The van der Waals surface area contributed by atoms with Crippen LogP contribution in [0.15, 0.2) is 59.0 Å². The molecule has 1 aromatic heterocycles. The topological polar surface area (TPSA) is 28.9 Å². The Hall–Kier alpha value is -2.72. The molecule has 4 nitrogen and oxygen atoms in total. The third-order valence-electron chi connectivity index (χ3n) is 5.62. The van der Waals surface area contributed by atoms with Crippen LogP contribution in [-0.4, -0.2) is 38.2 Å². The van der Waals surface area contributed by atoms with Gasteiger partial charge in [0, 0.05) is 43.5 Å². The zero-order valence-electron chi connectivity index (χ0n) is 16.9. The number of aryl methyl sites for hydroxylation is 2. The minimum Gasteiger partial charge on any atom is -0.497 e. The number of hydrogen-bond acceptors (Lipinski definition) is 4. The van der Waals surface area contributed by atoms with Crippen molar-refractivity contribution in [3.8, 4) is 17.1 Å². The lowest BCUT2D eigenvalue weighted by Crippen LogP contribution is -2.45. The number of methoxy groups -OCH3 is 1. The molecule has 3 aromatic rings. The maximum atomic E-state index is 6.14. The van der Waals surface area contributed by atoms with Crippen molar-refractivity contribution in [2.45, 2.75) is 20.4 Å². The van der Waals surface area contributed by atoms with E-state index in [2.05, 4.69) is 72.2 Å². The first-order chi connectivity index (χ1) is 13.6. The number of nitrogens with zero attached hydrogens (tertiary/aromatic N) is 2. The summed E-state index contributed by atoms with van der Waals surface area (Å²) in [4.78, 5) is 4.88. The maximum absolute atomic E-state index is 6.14. The third kappa shape index (κ3) is 4.07. The van der Waals surface area contributed by atoms with E-state index in [-0.39, 0.29) is 0 Å². The Morgan fingerprint density at radius 2 is 1.71 bits per heavy atom. The van der Waals surface area contributed by atoms with E-state index in [0.29, 0.717) is 0 Å². The summed E-state index contributed by atoms with van der Waals surface area (Å²) in [5.74, 6) is 2.89. The summed E-state index contributed by atoms with van der Waals surface area (Å²) >= 11 is 0. The average Bonchev–Trinajstić information content (AvgIpc) is 3.19. The fourth-order valence-electron chi connectivity index (χ4n) is 3.70. The normalized spacial score (nSPS) is 15.0. The molecular weight excluding hydrogens is 348 g/mol. The van der Waals surface area contributed by atoms with E-state index in [1.807, 2.05) is 6.07 Å². The van der Waals surface area contributed by atoms with Crippen molar-refractivity contribution in [1.29, 1.82) is 0 Å². The van der Waals surface area contributed by atoms with Crippen LogP contribution < -0.4 is 9.64 Å². The summed E-state index contributed by atoms with van der Waals surface area (Å²) in [5, 5.41) is 0. The van der Waals surface area contributed by atoms with Crippen LogP contribution >= 0.6 is 0 Å². The lowest BCUT2D eigenvalue weighted by molar-refractivity contribution is 0.231. The van der Waals surface area contributed by atoms with Gasteiger partial charge in [0.25, 0.3) is 0 Å². The van der Waals surface area contributed by atoms with Crippen LogP contribution in [-0.2, 0) is 6.54 Å². The van der Waals surface area contributed by atoms with E-state index in [9.17, 15) is 0 Å². The molecule has 0 atom stereocenters. The molecule has 0 saturated carbocycles. The minimum atomic E-state index is 0.858. The van der Waals surface area contributed by atoms with Gasteiger partial charge in [0.05, 0.1) is 13.7 Å². The van der Waals surface area contributed by atoms with E-state index in [1.54, 1.807) is 7.11 Å². The van der Waals surface area contributed by atoms with Crippen molar-refractivity contribution in [1.82, 2.24) is 4.90 Å². The molecule has 146 valence electrons. The second-order valence-electron chi connectivity index (χ2n) is 7.53. The Morgan fingerprint density at radius 3 is 2.46 bits per heavy atom. The zero-order valence-corrected chi connectivity index (χ0v) is 16.9. The first kappa shape index (κ1) is 18.6. The van der Waals surface area contributed by atoms with Gasteiger partial charge in [-0.1, -0.05) is 18.2 Å². The van der Waals surface area contributed by atoms with Gasteiger partial charge in [-0.3, -0.25) is 4.90 Å². The lowest BCUT2D eigenvalue weighted by Gasteiger charge is -2.35. The number of benzene rings is 2. The van der Waals surface area contributed by atoms with Gasteiger partial charge in [-0.15, -0.1) is 0 Å². The van der Waals surface area contributed by atoms with Gasteiger partial charge >= 0.3 is 0 Å². The molecule has 1 aliphatic rings. The van der Waals surface area contributed by atoms with Gasteiger partial charge in [-0.05, 0) is 55.3 Å². The van der Waals surface area contributed by atoms with Crippen molar-refractivity contribution in [2.75, 3.05) is 38.2 Å². The largest absolute Gasteiger partial charge is 0.497 e. The molecule has 1 aliphatic heterocycles. The monoisotopic (exact) mass is 376 g/mol. The van der Waals surface area contributed by atoms with Crippen LogP contribution in [0.4, 0.5) is 5.69 Å². The van der Waals surface area contributed by atoms with Gasteiger partial charge in [0.15, 0.2) is 0 Å². The van der Waals surface area contributed by atoms with Crippen LogP contribution in [0, 0.1) is 13.8 Å². The fourth-order valence-corrected chi connectivity index (χ4v) is 3.70. The van der Waals surface area contributed by atoms with E-state index in [4.69, 9.17) is 9.15 Å². The lowest BCUT2D eigenvalue weighted by atomic mass is 10.1. The van der Waals surface area contributed by atoms with Crippen molar-refractivity contribution < 1.29 is 9.15 Å². The summed E-state index contributed by atoms with van der Waals surface area (Å²) in [6.45, 7) is 9.21. The first-order valence-corrected chi connectivity index (χ1v) is 9.90. The van der Waals surface area contributed by atoms with Crippen molar-refractivity contribution in [3.63, 3.8) is 0 Å². The second kappa shape index (κ2) is 8.11. The number of hydrogen-bond donors (Lipinski definition) is 0. The smallest absolute Gasteiger partial charge is 0.134 e. The highest BCUT2D eigenvalue weighted by Crippen LogP contribution is 2.26. The highest BCUT2D eigenvalue weighted by molar-refractivity contribution is 5.59. The Bertz CT molecular complexity index is 939. The average molecular weight is 377 g/mol. The molecule has 2 heterocycles. The maximum Gasteiger partial charge on any atom is 0.134 e. The Labute approximate surface area is 167 Å². The number of piperazine rings is 1. The van der Waals surface area contributed by atoms with Gasteiger partial charge in [0.2, 0.25) is 0 Å². The summed E-state index contributed by atoms with van der Waals surface area (Å²) in [6, 6.07) is 19.0. The quantitative estimate of drug-likeness (QED) is 0.634. The van der Waals surface area contributed by atoms with E-state index in [0.717, 1.165) is 55.6 Å². The summed E-state index contributed by atoms with van der Waals surface area (Å²) < 4.78 is 11.5. The van der Waals surface area contributed by atoms with E-state index < -0.39 is 0 Å². The van der Waals surface area contributed by atoms with Crippen LogP contribution in [0.1, 0.15) is 16.9 Å². The molecule has 4 rings (SSSR count). The molecule has 0 spiro atoms. The fraction of sp³-hybridized carbons (Fsp3) is 0.333. The van der Waals surface area contributed by atoms with Gasteiger partial charge in [-0.25, -0.2) is 0 Å². The number of furan rings is 1. The predicted octanol–water partition coefficient (Wildman–Crippen LogP) is 4.89. The molecule has 1 fully saturated rings. The molecule has 28 heavy (non-hydrogen) atoms. The van der Waals surface area contributed by atoms with Crippen LogP contribution in [0.5, 0.6) is 5.75 Å². The highest BCUT2D eigenvalue weighted by Gasteiger charge is 2.19. The molecule has 0 amide bonds. The summed E-state index contributed by atoms with van der Waals surface area (Å²) in [5.41, 5.74) is 4.99. The molecular formula is C24H28N2O2.